The molecule has 0 fully saturated rings. The molecule has 6 heteroatoms. The summed E-state index contributed by atoms with van der Waals surface area (Å²) in [5, 5.41) is 3.03. The van der Waals surface area contributed by atoms with E-state index < -0.39 is 0 Å². The molecule has 3 rings (SSSR count). The van der Waals surface area contributed by atoms with Gasteiger partial charge in [-0.05, 0) is 36.8 Å². The van der Waals surface area contributed by atoms with Crippen LogP contribution in [0.5, 0.6) is 11.5 Å². The van der Waals surface area contributed by atoms with Gasteiger partial charge in [0.05, 0.1) is 11.8 Å². The maximum Gasteiger partial charge on any atom is 0.230 e. The molecule has 0 radical (unpaired) electrons. The Labute approximate surface area is 154 Å². The normalized spacial score (nSPS) is 14.1. The van der Waals surface area contributed by atoms with E-state index >= 15 is 0 Å². The van der Waals surface area contributed by atoms with Crippen molar-refractivity contribution in [3.05, 3.63) is 52.5 Å². The molecule has 1 amide bonds. The van der Waals surface area contributed by atoms with Gasteiger partial charge in [0.25, 0.3) is 0 Å². The van der Waals surface area contributed by atoms with Crippen LogP contribution >= 0.6 is 27.7 Å². The molecule has 1 aliphatic heterocycles. The Bertz CT molecular complexity index is 724. The highest BCUT2D eigenvalue weighted by Gasteiger charge is 2.19. The number of nitrogens with one attached hydrogen (secondary N) is 1. The number of ether oxygens (including phenoxy) is 2. The Morgan fingerprint density at radius 2 is 1.88 bits per heavy atom. The van der Waals surface area contributed by atoms with Crippen molar-refractivity contribution in [2.24, 2.45) is 0 Å². The smallest absolute Gasteiger partial charge is 0.230 e. The summed E-state index contributed by atoms with van der Waals surface area (Å²) >= 11 is 5.07. The second-order valence-electron chi connectivity index (χ2n) is 5.41. The third-order valence-electron chi connectivity index (χ3n) is 3.62. The number of amides is 1. The number of carbonyl (C=O) groups excluding carboxylic acids is 1. The number of carbonyl (C=O) groups is 1. The number of hydrogen-bond donors (Lipinski definition) is 1. The van der Waals surface area contributed by atoms with E-state index in [2.05, 4.69) is 21.2 Å². The highest BCUT2D eigenvalue weighted by Crippen LogP contribution is 2.37. The van der Waals surface area contributed by atoms with Crippen molar-refractivity contribution in [3.63, 3.8) is 0 Å². The molecule has 1 aliphatic rings. The molecule has 0 saturated carbocycles. The second-order valence-corrected chi connectivity index (χ2v) is 7.31. The van der Waals surface area contributed by atoms with Crippen LogP contribution in [0.25, 0.3) is 0 Å². The molecule has 0 saturated heterocycles. The largest absolute Gasteiger partial charge is 0.486 e. The van der Waals surface area contributed by atoms with Crippen LogP contribution < -0.4 is 14.8 Å². The molecule has 0 aromatic heterocycles. The molecule has 1 atom stereocenters. The van der Waals surface area contributed by atoms with Gasteiger partial charge in [0.2, 0.25) is 5.91 Å². The number of benzene rings is 2. The van der Waals surface area contributed by atoms with Crippen molar-refractivity contribution < 1.29 is 14.3 Å². The van der Waals surface area contributed by atoms with Crippen LogP contribution in [0.4, 0.5) is 0 Å². The van der Waals surface area contributed by atoms with Crippen molar-refractivity contribution in [3.8, 4) is 11.5 Å². The third kappa shape index (κ3) is 4.24. The molecular formula is C18H18BrNO3S. The van der Waals surface area contributed by atoms with E-state index in [4.69, 9.17) is 9.47 Å². The number of thioether (sulfide) groups is 1. The number of hydrogen-bond acceptors (Lipinski definition) is 4. The second kappa shape index (κ2) is 7.94. The lowest BCUT2D eigenvalue weighted by atomic mass is 10.1. The highest BCUT2D eigenvalue weighted by molar-refractivity contribution is 9.10. The quantitative estimate of drug-likeness (QED) is 0.754. The van der Waals surface area contributed by atoms with Crippen molar-refractivity contribution in [1.82, 2.24) is 5.32 Å². The van der Waals surface area contributed by atoms with Crippen molar-refractivity contribution >= 4 is 33.6 Å². The van der Waals surface area contributed by atoms with Crippen molar-refractivity contribution in [2.75, 3.05) is 19.0 Å². The molecule has 1 N–H and O–H groups in total. The average Bonchev–Trinajstić information content (AvgIpc) is 2.60. The van der Waals surface area contributed by atoms with Gasteiger partial charge in [-0.3, -0.25) is 4.79 Å². The topological polar surface area (TPSA) is 47.6 Å². The van der Waals surface area contributed by atoms with Crippen LogP contribution in [0, 0.1) is 0 Å². The number of halogens is 1. The lowest BCUT2D eigenvalue weighted by molar-refractivity contribution is -0.119. The van der Waals surface area contributed by atoms with E-state index in [1.165, 1.54) is 11.8 Å². The number of rotatable bonds is 5. The van der Waals surface area contributed by atoms with Gasteiger partial charge in [0, 0.05) is 9.37 Å². The van der Waals surface area contributed by atoms with Gasteiger partial charge in [-0.1, -0.05) is 34.1 Å². The molecule has 2 aromatic carbocycles. The Hall–Kier alpha value is -1.66. The van der Waals surface area contributed by atoms with E-state index in [0.29, 0.717) is 19.0 Å². The maximum absolute atomic E-state index is 12.2. The van der Waals surface area contributed by atoms with Crippen LogP contribution in [0.2, 0.25) is 0 Å². The van der Waals surface area contributed by atoms with Gasteiger partial charge in [0.15, 0.2) is 11.5 Å². The minimum Gasteiger partial charge on any atom is -0.486 e. The Morgan fingerprint density at radius 3 is 2.58 bits per heavy atom. The third-order valence-corrected chi connectivity index (χ3v) is 5.32. The van der Waals surface area contributed by atoms with Crippen LogP contribution in [-0.2, 0) is 4.79 Å². The van der Waals surface area contributed by atoms with E-state index in [1.807, 2.05) is 49.4 Å². The standard InChI is InChI=1S/C18H18BrNO3S/c1-12(20-18(21)11-24-13-5-3-2-4-6-13)14-9-16-17(10-15(14)19)23-8-7-22-16/h2-6,9-10,12H,7-8,11H2,1H3,(H,20,21). The first-order chi connectivity index (χ1) is 11.6. The van der Waals surface area contributed by atoms with Crippen LogP contribution in [0.3, 0.4) is 0 Å². The van der Waals surface area contributed by atoms with Crippen LogP contribution in [-0.4, -0.2) is 24.9 Å². The Balaban J connectivity index is 1.62. The van der Waals surface area contributed by atoms with Gasteiger partial charge in [-0.15, -0.1) is 11.8 Å². The maximum atomic E-state index is 12.2. The summed E-state index contributed by atoms with van der Waals surface area (Å²) in [6.45, 7) is 3.06. The fourth-order valence-electron chi connectivity index (χ4n) is 2.44. The van der Waals surface area contributed by atoms with E-state index in [-0.39, 0.29) is 11.9 Å². The van der Waals surface area contributed by atoms with E-state index in [9.17, 15) is 4.79 Å². The van der Waals surface area contributed by atoms with Crippen molar-refractivity contribution in [1.29, 1.82) is 0 Å². The molecule has 1 heterocycles. The van der Waals surface area contributed by atoms with Gasteiger partial charge in [-0.2, -0.15) is 0 Å². The summed E-state index contributed by atoms with van der Waals surface area (Å²) in [4.78, 5) is 13.3. The molecule has 0 aliphatic carbocycles. The summed E-state index contributed by atoms with van der Waals surface area (Å²) in [6, 6.07) is 13.6. The first kappa shape index (κ1) is 17.2. The Morgan fingerprint density at radius 1 is 1.21 bits per heavy atom. The van der Waals surface area contributed by atoms with Crippen LogP contribution in [0.15, 0.2) is 51.8 Å². The SMILES string of the molecule is CC(NC(=O)CSc1ccccc1)c1cc2c(cc1Br)OCCO2. The molecule has 0 bridgehead atoms. The molecule has 4 nitrogen and oxygen atoms in total. The van der Waals surface area contributed by atoms with Crippen LogP contribution in [0.1, 0.15) is 18.5 Å². The summed E-state index contributed by atoms with van der Waals surface area (Å²) in [7, 11) is 0. The zero-order valence-electron chi connectivity index (χ0n) is 13.3. The van der Waals surface area contributed by atoms with E-state index in [1.54, 1.807) is 0 Å². The summed E-state index contributed by atoms with van der Waals surface area (Å²) in [5.74, 6) is 1.84. The number of fused-ring (bicyclic) bond motifs is 1. The minimum atomic E-state index is -0.126. The van der Waals surface area contributed by atoms with E-state index in [0.717, 1.165) is 26.4 Å². The highest BCUT2D eigenvalue weighted by atomic mass is 79.9. The molecule has 0 spiro atoms. The first-order valence-electron chi connectivity index (χ1n) is 7.70. The Kier molecular flexibility index (Phi) is 5.68. The average molecular weight is 408 g/mol. The van der Waals surface area contributed by atoms with Gasteiger partial charge in [-0.25, -0.2) is 0 Å². The van der Waals surface area contributed by atoms with Gasteiger partial charge >= 0.3 is 0 Å². The minimum absolute atomic E-state index is 0.00172. The van der Waals surface area contributed by atoms with Gasteiger partial charge < -0.3 is 14.8 Å². The fourth-order valence-corrected chi connectivity index (χ4v) is 3.83. The predicted octanol–water partition coefficient (Wildman–Crippen LogP) is 4.19. The lowest BCUT2D eigenvalue weighted by Gasteiger charge is -2.22. The zero-order chi connectivity index (χ0) is 16.9. The summed E-state index contributed by atoms with van der Waals surface area (Å²) < 4.78 is 12.1. The lowest BCUT2D eigenvalue weighted by Crippen LogP contribution is -2.28. The summed E-state index contributed by atoms with van der Waals surface area (Å²) in [6.07, 6.45) is 0. The molecular weight excluding hydrogens is 390 g/mol. The van der Waals surface area contributed by atoms with Gasteiger partial charge in [0.1, 0.15) is 13.2 Å². The monoisotopic (exact) mass is 407 g/mol. The summed E-state index contributed by atoms with van der Waals surface area (Å²) in [5.41, 5.74) is 0.970. The first-order valence-corrected chi connectivity index (χ1v) is 9.47. The molecule has 24 heavy (non-hydrogen) atoms. The fraction of sp³-hybridized carbons (Fsp3) is 0.278. The molecule has 126 valence electrons. The zero-order valence-corrected chi connectivity index (χ0v) is 15.7. The van der Waals surface area contributed by atoms with Crippen molar-refractivity contribution in [2.45, 2.75) is 17.9 Å². The molecule has 2 aromatic rings. The molecule has 1 unspecified atom stereocenters. The predicted molar refractivity (Wildman–Crippen MR) is 98.9 cm³/mol.